The monoisotopic (exact) mass is 245 g/mol. The van der Waals surface area contributed by atoms with Gasteiger partial charge in [0.15, 0.2) is 0 Å². The van der Waals surface area contributed by atoms with Crippen molar-refractivity contribution in [3.8, 4) is 6.07 Å². The molecule has 0 aliphatic carbocycles. The molecule has 0 saturated heterocycles. The molecule has 0 aromatic carbocycles. The zero-order valence-corrected chi connectivity index (χ0v) is 10.2. The van der Waals surface area contributed by atoms with Crippen molar-refractivity contribution in [2.24, 2.45) is 0 Å². The molecule has 0 aliphatic rings. The van der Waals surface area contributed by atoms with Crippen LogP contribution in [0.1, 0.15) is 32.4 Å². The summed E-state index contributed by atoms with van der Waals surface area (Å²) in [4.78, 5) is 19.8. The maximum absolute atomic E-state index is 12.1. The molecule has 0 unspecified atom stereocenters. The van der Waals surface area contributed by atoms with Crippen molar-refractivity contribution in [1.82, 2.24) is 29.5 Å². The average molecular weight is 245 g/mol. The summed E-state index contributed by atoms with van der Waals surface area (Å²) in [6.45, 7) is 5.63. The third-order valence-electron chi connectivity index (χ3n) is 2.17. The van der Waals surface area contributed by atoms with Crippen LogP contribution in [-0.4, -0.2) is 35.6 Å². The summed E-state index contributed by atoms with van der Waals surface area (Å²) in [7, 11) is 0. The lowest BCUT2D eigenvalue weighted by molar-refractivity contribution is 0.235. The van der Waals surface area contributed by atoms with Crippen molar-refractivity contribution < 1.29 is 4.79 Å². The fraction of sp³-hybridized carbons (Fsp3) is 0.400. The van der Waals surface area contributed by atoms with E-state index in [4.69, 9.17) is 5.26 Å². The van der Waals surface area contributed by atoms with Crippen molar-refractivity contribution in [1.29, 1.82) is 5.26 Å². The minimum atomic E-state index is -0.522. The molecule has 8 nitrogen and oxygen atoms in total. The highest BCUT2D eigenvalue weighted by Crippen LogP contribution is 2.20. The molecule has 0 atom stereocenters. The molecule has 0 aliphatic heterocycles. The maximum atomic E-state index is 12.1. The second kappa shape index (κ2) is 4.03. The minimum Gasteiger partial charge on any atom is -0.243 e. The van der Waals surface area contributed by atoms with Crippen LogP contribution in [0.3, 0.4) is 0 Å². The molecule has 2 aromatic heterocycles. The third kappa shape index (κ3) is 1.98. The number of rotatable bonds is 0. The lowest BCUT2D eigenvalue weighted by atomic mass is 9.96. The molecular weight excluding hydrogens is 234 g/mol. The Morgan fingerprint density at radius 3 is 2.67 bits per heavy atom. The van der Waals surface area contributed by atoms with Gasteiger partial charge < -0.3 is 0 Å². The van der Waals surface area contributed by atoms with Gasteiger partial charge in [-0.25, -0.2) is 14.8 Å². The predicted molar refractivity (Wildman–Crippen MR) is 59.7 cm³/mol. The third-order valence-corrected chi connectivity index (χ3v) is 2.17. The van der Waals surface area contributed by atoms with Crippen LogP contribution in [-0.2, 0) is 5.41 Å². The van der Waals surface area contributed by atoms with E-state index in [1.165, 1.54) is 12.7 Å². The van der Waals surface area contributed by atoms with Crippen LogP contribution in [0.15, 0.2) is 12.7 Å². The molecule has 8 heteroatoms. The number of carbonyl (C=O) groups is 1. The standard InChI is InChI=1S/C10H11N7O/c1-10(2,3)8-14-7(4-11)15-17(8)9(18)16-6-12-5-13-16/h5-6H,1-3H3. The van der Waals surface area contributed by atoms with Crippen LogP contribution in [0.5, 0.6) is 0 Å². The highest BCUT2D eigenvalue weighted by Gasteiger charge is 2.27. The van der Waals surface area contributed by atoms with E-state index in [9.17, 15) is 4.79 Å². The molecule has 92 valence electrons. The fourth-order valence-electron chi connectivity index (χ4n) is 1.38. The summed E-state index contributed by atoms with van der Waals surface area (Å²) in [6, 6.07) is 1.30. The number of nitriles is 1. The van der Waals surface area contributed by atoms with Gasteiger partial charge in [-0.2, -0.15) is 19.7 Å². The van der Waals surface area contributed by atoms with Crippen molar-refractivity contribution in [2.75, 3.05) is 0 Å². The van der Waals surface area contributed by atoms with Crippen molar-refractivity contribution in [2.45, 2.75) is 26.2 Å². The summed E-state index contributed by atoms with van der Waals surface area (Å²) >= 11 is 0. The SMILES string of the molecule is CC(C)(C)c1nc(C#N)nn1C(=O)n1cncn1. The van der Waals surface area contributed by atoms with Gasteiger partial charge in [0.2, 0.25) is 0 Å². The fourth-order valence-corrected chi connectivity index (χ4v) is 1.38. The van der Waals surface area contributed by atoms with Gasteiger partial charge in [-0.15, -0.1) is 5.10 Å². The summed E-state index contributed by atoms with van der Waals surface area (Å²) in [5.74, 6) is 0.355. The Labute approximate surface area is 103 Å². The first-order valence-corrected chi connectivity index (χ1v) is 5.20. The second-order valence-electron chi connectivity index (χ2n) is 4.66. The summed E-state index contributed by atoms with van der Waals surface area (Å²) in [6.07, 6.45) is 2.51. The quantitative estimate of drug-likeness (QED) is 0.671. The summed E-state index contributed by atoms with van der Waals surface area (Å²) < 4.78 is 2.11. The van der Waals surface area contributed by atoms with Gasteiger partial charge in [0, 0.05) is 5.41 Å². The Bertz CT molecular complexity index is 612. The van der Waals surface area contributed by atoms with Gasteiger partial charge >= 0.3 is 6.03 Å². The van der Waals surface area contributed by atoms with Crippen LogP contribution >= 0.6 is 0 Å². The zero-order valence-electron chi connectivity index (χ0n) is 10.2. The molecule has 2 rings (SSSR count). The van der Waals surface area contributed by atoms with Gasteiger partial charge in [0.05, 0.1) is 0 Å². The molecule has 0 saturated carbocycles. The van der Waals surface area contributed by atoms with E-state index in [0.717, 1.165) is 9.36 Å². The first kappa shape index (κ1) is 11.9. The Kier molecular flexibility index (Phi) is 2.67. The molecule has 0 N–H and O–H groups in total. The number of carbonyl (C=O) groups excluding carboxylic acids is 1. The normalized spacial score (nSPS) is 11.2. The van der Waals surface area contributed by atoms with E-state index < -0.39 is 11.4 Å². The molecule has 0 fully saturated rings. The average Bonchev–Trinajstić information content (AvgIpc) is 2.96. The van der Waals surface area contributed by atoms with E-state index >= 15 is 0 Å². The Balaban J connectivity index is 2.54. The lowest BCUT2D eigenvalue weighted by Crippen LogP contribution is -2.28. The first-order valence-electron chi connectivity index (χ1n) is 5.20. The number of hydrogen-bond acceptors (Lipinski definition) is 6. The summed E-state index contributed by atoms with van der Waals surface area (Å²) in [5.41, 5.74) is -0.418. The number of nitrogens with zero attached hydrogens (tertiary/aromatic N) is 7. The molecule has 2 heterocycles. The van der Waals surface area contributed by atoms with Crippen LogP contribution < -0.4 is 0 Å². The van der Waals surface area contributed by atoms with Crippen LogP contribution in [0, 0.1) is 11.3 Å². The molecule has 0 spiro atoms. The van der Waals surface area contributed by atoms with E-state index in [0.29, 0.717) is 5.82 Å². The number of aromatic nitrogens is 6. The molecule has 0 radical (unpaired) electrons. The molecule has 18 heavy (non-hydrogen) atoms. The molecule has 0 bridgehead atoms. The lowest BCUT2D eigenvalue weighted by Gasteiger charge is -2.16. The van der Waals surface area contributed by atoms with E-state index in [1.807, 2.05) is 26.8 Å². The van der Waals surface area contributed by atoms with E-state index in [-0.39, 0.29) is 5.82 Å². The second-order valence-corrected chi connectivity index (χ2v) is 4.66. The smallest absolute Gasteiger partial charge is 0.243 e. The predicted octanol–water partition coefficient (Wildman–Crippen LogP) is 0.555. The van der Waals surface area contributed by atoms with Crippen LogP contribution in [0.4, 0.5) is 4.79 Å². The van der Waals surface area contributed by atoms with Gasteiger partial charge in [0.25, 0.3) is 5.82 Å². The highest BCUT2D eigenvalue weighted by molar-refractivity contribution is 5.77. The number of hydrogen-bond donors (Lipinski definition) is 0. The topological polar surface area (TPSA) is 102 Å². The molecule has 0 amide bonds. The Morgan fingerprint density at radius 2 is 2.17 bits per heavy atom. The van der Waals surface area contributed by atoms with Gasteiger partial charge in [0.1, 0.15) is 24.5 Å². The molecule has 2 aromatic rings. The van der Waals surface area contributed by atoms with Crippen molar-refractivity contribution in [3.63, 3.8) is 0 Å². The van der Waals surface area contributed by atoms with Crippen molar-refractivity contribution >= 4 is 6.03 Å². The summed E-state index contributed by atoms with van der Waals surface area (Å²) in [5, 5.41) is 16.4. The van der Waals surface area contributed by atoms with Crippen molar-refractivity contribution in [3.05, 3.63) is 24.3 Å². The van der Waals surface area contributed by atoms with Gasteiger partial charge in [-0.3, -0.25) is 0 Å². The van der Waals surface area contributed by atoms with E-state index in [1.54, 1.807) is 0 Å². The van der Waals surface area contributed by atoms with Crippen LogP contribution in [0.25, 0.3) is 0 Å². The largest absolute Gasteiger partial charge is 0.372 e. The Hall–Kier alpha value is -2.56. The van der Waals surface area contributed by atoms with E-state index in [2.05, 4.69) is 20.2 Å². The van der Waals surface area contributed by atoms with Gasteiger partial charge in [-0.05, 0) is 0 Å². The zero-order chi connectivity index (χ0) is 13.3. The Morgan fingerprint density at radius 1 is 1.44 bits per heavy atom. The first-order chi connectivity index (χ1) is 8.43. The van der Waals surface area contributed by atoms with Crippen LogP contribution in [0.2, 0.25) is 0 Å². The highest BCUT2D eigenvalue weighted by atomic mass is 16.2. The molecular formula is C10H11N7O. The minimum absolute atomic E-state index is 0.0478. The maximum Gasteiger partial charge on any atom is 0.372 e. The van der Waals surface area contributed by atoms with Gasteiger partial charge in [-0.1, -0.05) is 20.8 Å².